The minimum atomic E-state index is -0.0549. The first kappa shape index (κ1) is 40.6. The van der Waals surface area contributed by atoms with Crippen molar-refractivity contribution in [1.82, 2.24) is 0 Å². The minimum absolute atomic E-state index is 0.0110. The molecule has 0 atom stereocenters. The Kier molecular flexibility index (Phi) is 9.19. The van der Waals surface area contributed by atoms with E-state index in [1.807, 2.05) is 11.3 Å². The van der Waals surface area contributed by atoms with Gasteiger partial charge in [-0.25, -0.2) is 0 Å². The molecule has 0 saturated heterocycles. The van der Waals surface area contributed by atoms with Crippen LogP contribution in [0.25, 0.3) is 21.2 Å². The van der Waals surface area contributed by atoms with Gasteiger partial charge in [-0.2, -0.15) is 0 Å². The van der Waals surface area contributed by atoms with Crippen molar-refractivity contribution in [3.05, 3.63) is 137 Å². The largest absolute Gasteiger partial charge is 0.454 e. The highest BCUT2D eigenvalue weighted by Crippen LogP contribution is 2.53. The second kappa shape index (κ2) is 14.0. The fraction of sp³-hybridized carbons (Fsp3) is 0.321. The molecular formula is C56H59BN2O2S. The lowest BCUT2D eigenvalue weighted by Crippen LogP contribution is -2.61. The van der Waals surface area contributed by atoms with E-state index in [1.165, 1.54) is 93.0 Å². The van der Waals surface area contributed by atoms with Crippen molar-refractivity contribution in [3.8, 4) is 22.6 Å². The topological polar surface area (TPSA) is 24.9 Å². The van der Waals surface area contributed by atoms with E-state index in [4.69, 9.17) is 9.47 Å². The number of rotatable bonds is 4. The summed E-state index contributed by atoms with van der Waals surface area (Å²) in [6, 6.07) is 39.7. The summed E-state index contributed by atoms with van der Waals surface area (Å²) in [5, 5.41) is 2.62. The lowest BCUT2D eigenvalue weighted by Gasteiger charge is -2.44. The van der Waals surface area contributed by atoms with Crippen molar-refractivity contribution < 1.29 is 9.47 Å². The van der Waals surface area contributed by atoms with E-state index >= 15 is 0 Å². The minimum Gasteiger partial charge on any atom is -0.454 e. The number of thiophene rings is 1. The van der Waals surface area contributed by atoms with Crippen molar-refractivity contribution in [2.75, 3.05) is 16.6 Å². The predicted molar refractivity (Wildman–Crippen MR) is 267 cm³/mol. The van der Waals surface area contributed by atoms with Crippen LogP contribution in [-0.2, 0) is 16.2 Å². The fourth-order valence-electron chi connectivity index (χ4n) is 9.99. The Labute approximate surface area is 373 Å². The van der Waals surface area contributed by atoms with Crippen LogP contribution in [0.3, 0.4) is 0 Å². The zero-order chi connectivity index (χ0) is 43.8. The molecule has 6 aromatic carbocycles. The number of anilines is 6. The summed E-state index contributed by atoms with van der Waals surface area (Å²) in [6.07, 6.45) is 0. The Bertz CT molecular complexity index is 2940. The van der Waals surface area contributed by atoms with Crippen LogP contribution >= 0.6 is 11.3 Å². The van der Waals surface area contributed by atoms with Gasteiger partial charge < -0.3 is 19.3 Å². The van der Waals surface area contributed by atoms with Crippen molar-refractivity contribution in [1.29, 1.82) is 0 Å². The Hall–Kier alpha value is -5.46. The second-order valence-electron chi connectivity index (χ2n) is 21.3. The van der Waals surface area contributed by atoms with Crippen LogP contribution in [0.4, 0.5) is 33.4 Å². The van der Waals surface area contributed by atoms with Crippen LogP contribution in [0.5, 0.6) is 11.5 Å². The van der Waals surface area contributed by atoms with Crippen LogP contribution in [0, 0.1) is 13.8 Å². The van der Waals surface area contributed by atoms with Gasteiger partial charge in [-0.15, -0.1) is 11.3 Å². The van der Waals surface area contributed by atoms with Gasteiger partial charge in [0, 0.05) is 33.4 Å². The molecule has 0 radical (unpaired) electrons. The summed E-state index contributed by atoms with van der Waals surface area (Å²) >= 11 is 1.93. The van der Waals surface area contributed by atoms with E-state index in [0.717, 1.165) is 22.9 Å². The SMILES string of the molecule is Cc1cc(C(C)(C)C)cc(C)c1N1c2cc(C(C)C)cc3c2B(c2cc4c(cc2N3c2ccc(C(C)(C)C)cc2-c2ccccc2)OCO4)c2c1sc1ccc(C(C)(C)C)cc21. The predicted octanol–water partition coefficient (Wildman–Crippen LogP) is 14.0. The first-order valence-electron chi connectivity index (χ1n) is 22.4. The molecule has 0 saturated carbocycles. The van der Waals surface area contributed by atoms with Gasteiger partial charge in [0.1, 0.15) is 0 Å². The quantitative estimate of drug-likeness (QED) is 0.165. The maximum absolute atomic E-state index is 6.26. The van der Waals surface area contributed by atoms with E-state index in [0.29, 0.717) is 0 Å². The number of aryl methyl sites for hydroxylation is 2. The van der Waals surface area contributed by atoms with Gasteiger partial charge in [-0.05, 0) is 133 Å². The van der Waals surface area contributed by atoms with Gasteiger partial charge in [-0.1, -0.05) is 137 Å². The van der Waals surface area contributed by atoms with Crippen LogP contribution in [0.1, 0.15) is 115 Å². The highest BCUT2D eigenvalue weighted by molar-refractivity contribution is 7.26. The van der Waals surface area contributed by atoms with Crippen LogP contribution in [-0.4, -0.2) is 13.5 Å². The molecule has 314 valence electrons. The molecule has 4 heterocycles. The van der Waals surface area contributed by atoms with E-state index < -0.39 is 0 Å². The lowest BCUT2D eigenvalue weighted by molar-refractivity contribution is 0.174. The zero-order valence-electron chi connectivity index (χ0n) is 38.8. The smallest absolute Gasteiger partial charge is 0.254 e. The number of ether oxygens (including phenoxy) is 2. The molecule has 62 heavy (non-hydrogen) atoms. The molecule has 0 fully saturated rings. The highest BCUT2D eigenvalue weighted by Gasteiger charge is 2.47. The van der Waals surface area contributed by atoms with Crippen molar-refractivity contribution in [2.24, 2.45) is 0 Å². The first-order chi connectivity index (χ1) is 29.3. The third kappa shape index (κ3) is 6.38. The monoisotopic (exact) mass is 834 g/mol. The van der Waals surface area contributed by atoms with Crippen molar-refractivity contribution in [2.45, 2.75) is 112 Å². The first-order valence-corrected chi connectivity index (χ1v) is 23.2. The lowest BCUT2D eigenvalue weighted by atomic mass is 9.33. The third-order valence-corrected chi connectivity index (χ3v) is 14.7. The standard InChI is InChI=1S/C56H59BN2O2S/c1-32(2)36-25-45-51-46(26-36)59(52-33(3)23-39(24-34(52)4)56(11,12)13)53-50(41-28-38(55(8,9)10)20-22-49(41)62-53)57(51)42-29-47-48(61-31-60-47)30-44(42)58(45)43-21-19-37(54(5,6)7)27-40(43)35-17-15-14-16-18-35/h14-30,32H,31H2,1-13H3. The summed E-state index contributed by atoms with van der Waals surface area (Å²) in [4.78, 5) is 5.22. The molecule has 0 N–H and O–H groups in total. The number of fused-ring (bicyclic) bond motifs is 7. The number of hydrogen-bond donors (Lipinski definition) is 0. The average Bonchev–Trinajstić information content (AvgIpc) is 3.83. The van der Waals surface area contributed by atoms with Crippen molar-refractivity contribution >= 4 is 78.0 Å². The second-order valence-corrected chi connectivity index (χ2v) is 22.4. The number of nitrogens with zero attached hydrogens (tertiary/aromatic N) is 2. The van der Waals surface area contributed by atoms with Gasteiger partial charge >= 0.3 is 0 Å². The summed E-state index contributed by atoms with van der Waals surface area (Å²) in [5.41, 5.74) is 20.2. The number of benzene rings is 6. The summed E-state index contributed by atoms with van der Waals surface area (Å²) < 4.78 is 13.8. The summed E-state index contributed by atoms with van der Waals surface area (Å²) in [5.74, 6) is 1.89. The molecule has 4 nitrogen and oxygen atoms in total. The highest BCUT2D eigenvalue weighted by atomic mass is 32.1. The molecule has 6 heteroatoms. The molecule has 0 unspecified atom stereocenters. The normalized spacial score (nSPS) is 14.5. The molecule has 10 rings (SSSR count). The van der Waals surface area contributed by atoms with Gasteiger partial charge in [0.2, 0.25) is 6.79 Å². The van der Waals surface area contributed by atoms with Gasteiger partial charge in [0.15, 0.2) is 11.5 Å². The van der Waals surface area contributed by atoms with Crippen LogP contribution < -0.4 is 35.7 Å². The molecular weight excluding hydrogens is 776 g/mol. The molecule has 1 aromatic heterocycles. The van der Waals surface area contributed by atoms with E-state index in [-0.39, 0.29) is 35.7 Å². The molecule has 0 aliphatic carbocycles. The fourth-order valence-corrected chi connectivity index (χ4v) is 11.2. The molecule has 3 aliphatic rings. The van der Waals surface area contributed by atoms with Gasteiger partial charge in [0.05, 0.1) is 16.4 Å². The maximum atomic E-state index is 6.26. The van der Waals surface area contributed by atoms with Gasteiger partial charge in [-0.3, -0.25) is 0 Å². The van der Waals surface area contributed by atoms with E-state index in [9.17, 15) is 0 Å². The van der Waals surface area contributed by atoms with E-state index in [2.05, 4.69) is 203 Å². The zero-order valence-corrected chi connectivity index (χ0v) is 39.6. The van der Waals surface area contributed by atoms with E-state index in [1.54, 1.807) is 0 Å². The molecule has 7 aromatic rings. The molecule has 3 aliphatic heterocycles. The molecule has 0 bridgehead atoms. The summed E-state index contributed by atoms with van der Waals surface area (Å²) in [7, 11) is 0. The molecule has 0 spiro atoms. The number of hydrogen-bond acceptors (Lipinski definition) is 5. The Morgan fingerprint density at radius 2 is 1.18 bits per heavy atom. The summed E-state index contributed by atoms with van der Waals surface area (Å²) in [6.45, 7) is 30.3. The van der Waals surface area contributed by atoms with Gasteiger partial charge in [0.25, 0.3) is 6.71 Å². The van der Waals surface area contributed by atoms with Crippen LogP contribution in [0.2, 0.25) is 0 Å². The maximum Gasteiger partial charge on any atom is 0.254 e. The Morgan fingerprint density at radius 3 is 1.81 bits per heavy atom. The third-order valence-electron chi connectivity index (χ3n) is 13.5. The Balaban J connectivity index is 1.37. The molecule has 0 amide bonds. The van der Waals surface area contributed by atoms with Crippen molar-refractivity contribution in [3.63, 3.8) is 0 Å². The Morgan fingerprint density at radius 1 is 0.581 bits per heavy atom. The van der Waals surface area contributed by atoms with Crippen LogP contribution in [0.15, 0.2) is 103 Å². The average molecular weight is 835 g/mol.